The van der Waals surface area contributed by atoms with E-state index in [2.05, 4.69) is 15.6 Å². The van der Waals surface area contributed by atoms with Crippen LogP contribution in [0, 0.1) is 5.92 Å². The summed E-state index contributed by atoms with van der Waals surface area (Å²) >= 11 is 0. The van der Waals surface area contributed by atoms with Crippen LogP contribution in [0.15, 0.2) is 89.7 Å². The van der Waals surface area contributed by atoms with Gasteiger partial charge in [0.05, 0.1) is 24.8 Å². The van der Waals surface area contributed by atoms with Crippen molar-refractivity contribution in [2.45, 2.75) is 26.4 Å². The van der Waals surface area contributed by atoms with Crippen LogP contribution in [0.3, 0.4) is 0 Å². The Labute approximate surface area is 242 Å². The Morgan fingerprint density at radius 2 is 1.50 bits per heavy atom. The Hall–Kier alpha value is -5.38. The first-order valence-electron chi connectivity index (χ1n) is 13.5. The second-order valence-corrected chi connectivity index (χ2v) is 10.1. The highest BCUT2D eigenvalue weighted by atomic mass is 16.5. The van der Waals surface area contributed by atoms with Gasteiger partial charge in [0.25, 0.3) is 5.56 Å². The molecule has 42 heavy (non-hydrogen) atoms. The van der Waals surface area contributed by atoms with Crippen molar-refractivity contribution in [3.05, 3.63) is 101 Å². The first-order valence-corrected chi connectivity index (χ1v) is 13.5. The van der Waals surface area contributed by atoms with Gasteiger partial charge >= 0.3 is 6.09 Å². The molecular formula is C32H31N5O5. The molecule has 10 heteroatoms. The van der Waals surface area contributed by atoms with Gasteiger partial charge < -0.3 is 25.5 Å². The zero-order valence-electron chi connectivity index (χ0n) is 23.4. The van der Waals surface area contributed by atoms with Crippen LogP contribution in [0.1, 0.15) is 19.5 Å². The molecule has 2 heterocycles. The molecular weight excluding hydrogens is 534 g/mol. The van der Waals surface area contributed by atoms with Crippen molar-refractivity contribution in [1.82, 2.24) is 25.2 Å². The van der Waals surface area contributed by atoms with Crippen LogP contribution < -0.4 is 20.9 Å². The number of aromatic nitrogens is 3. The van der Waals surface area contributed by atoms with E-state index in [-0.39, 0.29) is 18.0 Å². The first-order chi connectivity index (χ1) is 20.3. The second kappa shape index (κ2) is 12.0. The predicted molar refractivity (Wildman–Crippen MR) is 160 cm³/mol. The van der Waals surface area contributed by atoms with Crippen molar-refractivity contribution in [3.8, 4) is 39.3 Å². The minimum absolute atomic E-state index is 0.0590. The average Bonchev–Trinajstić information content (AvgIpc) is 3.39. The highest BCUT2D eigenvalue weighted by Gasteiger charge is 2.26. The quantitative estimate of drug-likeness (QED) is 0.200. The predicted octanol–water partition coefficient (Wildman–Crippen LogP) is 4.94. The molecule has 0 radical (unpaired) electrons. The molecule has 0 aliphatic heterocycles. The number of fused-ring (bicyclic) bond motifs is 1. The van der Waals surface area contributed by atoms with Gasteiger partial charge in [-0.25, -0.2) is 4.79 Å². The van der Waals surface area contributed by atoms with Crippen LogP contribution in [-0.2, 0) is 11.3 Å². The number of methoxy groups -OCH3 is 1. The Bertz CT molecular complexity index is 1780. The van der Waals surface area contributed by atoms with E-state index in [9.17, 15) is 19.5 Å². The van der Waals surface area contributed by atoms with E-state index in [0.29, 0.717) is 33.9 Å². The summed E-state index contributed by atoms with van der Waals surface area (Å²) in [4.78, 5) is 42.0. The number of carboxylic acid groups (broad SMARTS) is 1. The largest absolute Gasteiger partial charge is 0.497 e. The van der Waals surface area contributed by atoms with E-state index in [0.717, 1.165) is 16.7 Å². The number of hydrogen-bond acceptors (Lipinski definition) is 5. The van der Waals surface area contributed by atoms with E-state index in [1.54, 1.807) is 45.2 Å². The van der Waals surface area contributed by atoms with Crippen molar-refractivity contribution in [2.75, 3.05) is 7.11 Å². The molecule has 0 aliphatic rings. The summed E-state index contributed by atoms with van der Waals surface area (Å²) in [6, 6.07) is 25.3. The maximum absolute atomic E-state index is 14.2. The number of carbonyl (C=O) groups is 2. The molecule has 3 aromatic carbocycles. The van der Waals surface area contributed by atoms with Crippen molar-refractivity contribution >= 4 is 17.6 Å². The summed E-state index contributed by atoms with van der Waals surface area (Å²) in [6.07, 6.45) is -1.29. The van der Waals surface area contributed by atoms with Gasteiger partial charge in [-0.1, -0.05) is 86.6 Å². The number of benzene rings is 3. The third kappa shape index (κ3) is 5.60. The SMILES string of the molecule is COc1ccc(-c2c(CNC(=O)C(NC(=O)O)C(C)C)[nH]c3c(-c4ccccc4)c(-c4ccccc4)nn3c2=O)cc1. The van der Waals surface area contributed by atoms with Gasteiger partial charge in [0.15, 0.2) is 0 Å². The van der Waals surface area contributed by atoms with Crippen LogP contribution in [-0.4, -0.2) is 44.9 Å². The maximum Gasteiger partial charge on any atom is 0.405 e. The van der Waals surface area contributed by atoms with Crippen molar-refractivity contribution in [1.29, 1.82) is 0 Å². The smallest absolute Gasteiger partial charge is 0.405 e. The lowest BCUT2D eigenvalue weighted by atomic mass is 10.0. The lowest BCUT2D eigenvalue weighted by Gasteiger charge is -2.20. The molecule has 10 nitrogen and oxygen atoms in total. The minimum Gasteiger partial charge on any atom is -0.497 e. The summed E-state index contributed by atoms with van der Waals surface area (Å²) < 4.78 is 6.66. The van der Waals surface area contributed by atoms with Crippen molar-refractivity contribution in [2.24, 2.45) is 5.92 Å². The number of rotatable bonds is 9. The van der Waals surface area contributed by atoms with E-state index < -0.39 is 18.0 Å². The summed E-state index contributed by atoms with van der Waals surface area (Å²) in [6.45, 7) is 3.44. The summed E-state index contributed by atoms with van der Waals surface area (Å²) in [5.41, 5.74) is 4.53. The molecule has 1 atom stereocenters. The average molecular weight is 566 g/mol. The number of nitrogens with zero attached hydrogens (tertiary/aromatic N) is 2. The highest BCUT2D eigenvalue weighted by Crippen LogP contribution is 2.35. The van der Waals surface area contributed by atoms with E-state index in [1.807, 2.05) is 60.7 Å². The van der Waals surface area contributed by atoms with Crippen LogP contribution in [0.4, 0.5) is 4.79 Å². The summed E-state index contributed by atoms with van der Waals surface area (Å²) in [5, 5.41) is 19.1. The molecule has 0 saturated carbocycles. The number of hydrogen-bond donors (Lipinski definition) is 4. The fraction of sp³-hybridized carbons (Fsp3) is 0.188. The molecule has 0 spiro atoms. The van der Waals surface area contributed by atoms with E-state index >= 15 is 0 Å². The molecule has 0 saturated heterocycles. The first kappa shape index (κ1) is 28.2. The molecule has 5 rings (SSSR count). The van der Waals surface area contributed by atoms with E-state index in [1.165, 1.54) is 4.52 Å². The summed E-state index contributed by atoms with van der Waals surface area (Å²) in [5.74, 6) is -0.172. The number of carbonyl (C=O) groups excluding carboxylic acids is 1. The topological polar surface area (TPSA) is 138 Å². The van der Waals surface area contributed by atoms with Gasteiger partial charge in [-0.15, -0.1) is 0 Å². The third-order valence-corrected chi connectivity index (χ3v) is 7.02. The Kier molecular flexibility index (Phi) is 8.05. The molecule has 2 amide bonds. The van der Waals surface area contributed by atoms with Gasteiger partial charge in [0, 0.05) is 11.3 Å². The molecule has 5 aromatic rings. The lowest BCUT2D eigenvalue weighted by molar-refractivity contribution is -0.124. The molecule has 0 aliphatic carbocycles. The van der Waals surface area contributed by atoms with Crippen LogP contribution in [0.2, 0.25) is 0 Å². The number of H-pyrrole nitrogens is 1. The lowest BCUT2D eigenvalue weighted by Crippen LogP contribution is -2.49. The van der Waals surface area contributed by atoms with Gasteiger partial charge in [-0.2, -0.15) is 9.61 Å². The Morgan fingerprint density at radius 3 is 2.07 bits per heavy atom. The summed E-state index contributed by atoms with van der Waals surface area (Å²) in [7, 11) is 1.56. The number of amides is 2. The van der Waals surface area contributed by atoms with Crippen molar-refractivity contribution in [3.63, 3.8) is 0 Å². The van der Waals surface area contributed by atoms with Gasteiger partial charge in [-0.05, 0) is 29.2 Å². The third-order valence-electron chi connectivity index (χ3n) is 7.02. The van der Waals surface area contributed by atoms with Crippen LogP contribution in [0.5, 0.6) is 5.75 Å². The molecule has 0 bridgehead atoms. The number of nitrogens with one attached hydrogen (secondary N) is 3. The number of aromatic amines is 1. The minimum atomic E-state index is -1.29. The zero-order chi connectivity index (χ0) is 29.8. The second-order valence-electron chi connectivity index (χ2n) is 10.1. The molecule has 0 fully saturated rings. The molecule has 1 unspecified atom stereocenters. The highest BCUT2D eigenvalue weighted by molar-refractivity contribution is 5.91. The Morgan fingerprint density at radius 1 is 0.905 bits per heavy atom. The van der Waals surface area contributed by atoms with Gasteiger partial charge in [-0.3, -0.25) is 9.59 Å². The number of ether oxygens (including phenoxy) is 1. The van der Waals surface area contributed by atoms with Gasteiger partial charge in [0.1, 0.15) is 23.1 Å². The van der Waals surface area contributed by atoms with Crippen LogP contribution >= 0.6 is 0 Å². The van der Waals surface area contributed by atoms with Crippen LogP contribution in [0.25, 0.3) is 39.2 Å². The normalized spacial score (nSPS) is 11.8. The fourth-order valence-electron chi connectivity index (χ4n) is 4.94. The fourth-order valence-corrected chi connectivity index (χ4v) is 4.94. The molecule has 2 aromatic heterocycles. The monoisotopic (exact) mass is 565 g/mol. The Balaban J connectivity index is 1.71. The molecule has 214 valence electrons. The zero-order valence-corrected chi connectivity index (χ0v) is 23.4. The maximum atomic E-state index is 14.2. The van der Waals surface area contributed by atoms with Crippen molar-refractivity contribution < 1.29 is 19.4 Å². The molecule has 4 N–H and O–H groups in total. The standard InChI is InChI=1S/C32H31N5O5/c1-19(2)27(35-32(40)41)30(38)33-18-24-25(21-14-16-23(42-3)17-15-21)31(39)37-29(34-24)26(20-10-6-4-7-11-20)28(36-37)22-12-8-5-9-13-22/h4-17,19,27,34-35H,18H2,1-3H3,(H,33,38)(H,40,41). The van der Waals surface area contributed by atoms with E-state index in [4.69, 9.17) is 9.84 Å². The van der Waals surface area contributed by atoms with Gasteiger partial charge in [0.2, 0.25) is 5.91 Å².